The minimum absolute atomic E-state index is 0.238. The zero-order valence-electron chi connectivity index (χ0n) is 8.67. The van der Waals surface area contributed by atoms with Crippen LogP contribution in [-0.4, -0.2) is 11.1 Å². The SMILES string of the molecule is CC.Cc1ccc(F)c(CC(=O)O)c1. The number of carbonyl (C=O) groups is 1. The highest BCUT2D eigenvalue weighted by molar-refractivity contribution is 5.70. The van der Waals surface area contributed by atoms with Gasteiger partial charge in [-0.3, -0.25) is 4.79 Å². The lowest BCUT2D eigenvalue weighted by Crippen LogP contribution is -2.02. The summed E-state index contributed by atoms with van der Waals surface area (Å²) in [6.07, 6.45) is -0.256. The van der Waals surface area contributed by atoms with Gasteiger partial charge >= 0.3 is 5.97 Å². The predicted molar refractivity (Wildman–Crippen MR) is 53.8 cm³/mol. The minimum Gasteiger partial charge on any atom is -0.481 e. The summed E-state index contributed by atoms with van der Waals surface area (Å²) in [5, 5.41) is 8.42. The molecule has 1 aromatic rings. The zero-order chi connectivity index (χ0) is 11.1. The Morgan fingerprint density at radius 2 is 2.00 bits per heavy atom. The van der Waals surface area contributed by atoms with Crippen LogP contribution in [0.15, 0.2) is 18.2 Å². The van der Waals surface area contributed by atoms with E-state index in [1.165, 1.54) is 6.07 Å². The van der Waals surface area contributed by atoms with Gasteiger partial charge in [-0.25, -0.2) is 4.39 Å². The van der Waals surface area contributed by atoms with Gasteiger partial charge in [0.25, 0.3) is 0 Å². The summed E-state index contributed by atoms with van der Waals surface area (Å²) in [5.74, 6) is -1.47. The van der Waals surface area contributed by atoms with Crippen molar-refractivity contribution in [1.29, 1.82) is 0 Å². The van der Waals surface area contributed by atoms with Gasteiger partial charge in [-0.15, -0.1) is 0 Å². The topological polar surface area (TPSA) is 37.3 Å². The fourth-order valence-corrected chi connectivity index (χ4v) is 1.00. The van der Waals surface area contributed by atoms with Crippen LogP contribution in [0.3, 0.4) is 0 Å². The molecular weight excluding hydrogens is 183 g/mol. The number of hydrogen-bond acceptors (Lipinski definition) is 1. The Morgan fingerprint density at radius 1 is 1.43 bits per heavy atom. The Hall–Kier alpha value is -1.38. The highest BCUT2D eigenvalue weighted by Gasteiger charge is 2.05. The van der Waals surface area contributed by atoms with Crippen molar-refractivity contribution in [3.05, 3.63) is 35.1 Å². The van der Waals surface area contributed by atoms with E-state index < -0.39 is 11.8 Å². The molecule has 0 aliphatic carbocycles. The molecule has 14 heavy (non-hydrogen) atoms. The molecule has 1 N–H and O–H groups in total. The number of hydrogen-bond donors (Lipinski definition) is 1. The molecule has 0 saturated carbocycles. The van der Waals surface area contributed by atoms with E-state index in [2.05, 4.69) is 0 Å². The Morgan fingerprint density at radius 3 is 2.50 bits per heavy atom. The molecule has 1 aromatic carbocycles. The zero-order valence-corrected chi connectivity index (χ0v) is 8.67. The van der Waals surface area contributed by atoms with Gasteiger partial charge in [-0.1, -0.05) is 31.5 Å². The summed E-state index contributed by atoms with van der Waals surface area (Å²) in [7, 11) is 0. The molecule has 0 atom stereocenters. The summed E-state index contributed by atoms with van der Waals surface area (Å²) in [6, 6.07) is 4.44. The van der Waals surface area contributed by atoms with Gasteiger partial charge in [0.1, 0.15) is 5.82 Å². The predicted octanol–water partition coefficient (Wildman–Crippen LogP) is 2.79. The molecule has 3 heteroatoms. The van der Waals surface area contributed by atoms with Crippen LogP contribution in [0.4, 0.5) is 4.39 Å². The van der Waals surface area contributed by atoms with Crippen molar-refractivity contribution in [2.24, 2.45) is 0 Å². The average Bonchev–Trinajstić information content (AvgIpc) is 2.14. The second-order valence-electron chi connectivity index (χ2n) is 2.67. The van der Waals surface area contributed by atoms with E-state index in [1.54, 1.807) is 19.1 Å². The quantitative estimate of drug-likeness (QED) is 0.793. The van der Waals surface area contributed by atoms with E-state index in [9.17, 15) is 9.18 Å². The van der Waals surface area contributed by atoms with E-state index in [0.717, 1.165) is 5.56 Å². The van der Waals surface area contributed by atoms with Gasteiger partial charge in [-0.2, -0.15) is 0 Å². The monoisotopic (exact) mass is 198 g/mol. The Balaban J connectivity index is 0.000000791. The molecular formula is C11H15FO2. The van der Waals surface area contributed by atoms with Crippen LogP contribution >= 0.6 is 0 Å². The first-order valence-corrected chi connectivity index (χ1v) is 4.56. The standard InChI is InChI=1S/C9H9FO2.C2H6/c1-6-2-3-8(10)7(4-6)5-9(11)12;1-2/h2-4H,5H2,1H3,(H,11,12);1-2H3. The summed E-state index contributed by atoms with van der Waals surface area (Å²) in [4.78, 5) is 10.3. The maximum Gasteiger partial charge on any atom is 0.307 e. The van der Waals surface area contributed by atoms with E-state index in [1.807, 2.05) is 13.8 Å². The first kappa shape index (κ1) is 12.6. The number of aryl methyl sites for hydroxylation is 1. The Bertz CT molecular complexity index is 308. The van der Waals surface area contributed by atoms with Gasteiger partial charge in [0.15, 0.2) is 0 Å². The number of carboxylic acids is 1. The number of rotatable bonds is 2. The van der Waals surface area contributed by atoms with Crippen LogP contribution in [0, 0.1) is 12.7 Å². The largest absolute Gasteiger partial charge is 0.481 e. The third-order valence-corrected chi connectivity index (χ3v) is 1.54. The van der Waals surface area contributed by atoms with Crippen LogP contribution in [0.1, 0.15) is 25.0 Å². The van der Waals surface area contributed by atoms with Crippen LogP contribution in [-0.2, 0) is 11.2 Å². The molecule has 0 saturated heterocycles. The normalized spacial score (nSPS) is 8.86. The summed E-state index contributed by atoms with van der Waals surface area (Å²) < 4.78 is 12.9. The lowest BCUT2D eigenvalue weighted by molar-refractivity contribution is -0.136. The van der Waals surface area contributed by atoms with Crippen molar-refractivity contribution >= 4 is 5.97 Å². The van der Waals surface area contributed by atoms with Crippen molar-refractivity contribution in [1.82, 2.24) is 0 Å². The summed E-state index contributed by atoms with van der Waals surface area (Å²) >= 11 is 0. The van der Waals surface area contributed by atoms with Crippen molar-refractivity contribution in [2.45, 2.75) is 27.2 Å². The van der Waals surface area contributed by atoms with Gasteiger partial charge in [0.2, 0.25) is 0 Å². The molecule has 0 bridgehead atoms. The second kappa shape index (κ2) is 6.13. The molecule has 0 amide bonds. The van der Waals surface area contributed by atoms with Gasteiger partial charge in [-0.05, 0) is 18.6 Å². The molecule has 0 aliphatic heterocycles. The highest BCUT2D eigenvalue weighted by atomic mass is 19.1. The lowest BCUT2D eigenvalue weighted by Gasteiger charge is -2.00. The molecule has 0 spiro atoms. The molecule has 0 aromatic heterocycles. The van der Waals surface area contributed by atoms with Crippen molar-refractivity contribution in [3.8, 4) is 0 Å². The Labute approximate surface area is 83.4 Å². The number of aliphatic carboxylic acids is 1. The van der Waals surface area contributed by atoms with Crippen molar-refractivity contribution < 1.29 is 14.3 Å². The van der Waals surface area contributed by atoms with Gasteiger partial charge < -0.3 is 5.11 Å². The molecule has 0 unspecified atom stereocenters. The minimum atomic E-state index is -1.01. The Kier molecular flexibility index (Phi) is 5.53. The van der Waals surface area contributed by atoms with Crippen LogP contribution in [0.25, 0.3) is 0 Å². The van der Waals surface area contributed by atoms with Crippen LogP contribution in [0.2, 0.25) is 0 Å². The smallest absolute Gasteiger partial charge is 0.307 e. The summed E-state index contributed by atoms with van der Waals surface area (Å²) in [5.41, 5.74) is 1.11. The maximum atomic E-state index is 12.9. The number of carboxylic acid groups (broad SMARTS) is 1. The number of halogens is 1. The van der Waals surface area contributed by atoms with Gasteiger partial charge in [0, 0.05) is 0 Å². The molecule has 0 aliphatic rings. The lowest BCUT2D eigenvalue weighted by atomic mass is 10.1. The number of benzene rings is 1. The molecule has 2 nitrogen and oxygen atoms in total. The summed E-state index contributed by atoms with van der Waals surface area (Å²) in [6.45, 7) is 5.80. The van der Waals surface area contributed by atoms with E-state index in [0.29, 0.717) is 0 Å². The maximum absolute atomic E-state index is 12.9. The molecule has 0 fully saturated rings. The molecule has 78 valence electrons. The third kappa shape index (κ3) is 4.03. The highest BCUT2D eigenvalue weighted by Crippen LogP contribution is 2.10. The average molecular weight is 198 g/mol. The van der Waals surface area contributed by atoms with E-state index >= 15 is 0 Å². The molecule has 0 radical (unpaired) electrons. The third-order valence-electron chi connectivity index (χ3n) is 1.54. The van der Waals surface area contributed by atoms with Crippen molar-refractivity contribution in [2.75, 3.05) is 0 Å². The second-order valence-corrected chi connectivity index (χ2v) is 2.67. The van der Waals surface area contributed by atoms with Gasteiger partial charge in [0.05, 0.1) is 6.42 Å². The fourth-order valence-electron chi connectivity index (χ4n) is 1.00. The van der Waals surface area contributed by atoms with Crippen LogP contribution in [0.5, 0.6) is 0 Å². The van der Waals surface area contributed by atoms with Crippen LogP contribution < -0.4 is 0 Å². The first-order valence-electron chi connectivity index (χ1n) is 4.56. The van der Waals surface area contributed by atoms with E-state index in [4.69, 9.17) is 5.11 Å². The molecule has 1 rings (SSSR count). The fraction of sp³-hybridized carbons (Fsp3) is 0.364. The van der Waals surface area contributed by atoms with Crippen molar-refractivity contribution in [3.63, 3.8) is 0 Å². The molecule has 0 heterocycles. The van der Waals surface area contributed by atoms with E-state index in [-0.39, 0.29) is 12.0 Å². The first-order chi connectivity index (χ1) is 6.59.